The third-order valence-corrected chi connectivity index (χ3v) is 7.64. The zero-order chi connectivity index (χ0) is 26.6. The molecule has 2 N–H and O–H groups in total. The number of rotatable bonds is 5. The van der Waals surface area contributed by atoms with Crippen LogP contribution in [0.25, 0.3) is 32.7 Å². The summed E-state index contributed by atoms with van der Waals surface area (Å²) in [7, 11) is 0. The molecular formula is C32H32N2O4. The fourth-order valence-electron chi connectivity index (χ4n) is 5.26. The van der Waals surface area contributed by atoms with Gasteiger partial charge in [-0.05, 0) is 45.5 Å². The molecule has 2 heterocycles. The minimum atomic E-state index is 0.0267. The first-order valence-electron chi connectivity index (χ1n) is 13.2. The van der Waals surface area contributed by atoms with Crippen molar-refractivity contribution in [1.29, 1.82) is 0 Å². The molecule has 0 radical (unpaired) electrons. The van der Waals surface area contributed by atoms with Gasteiger partial charge in [0.2, 0.25) is 11.8 Å². The summed E-state index contributed by atoms with van der Waals surface area (Å²) in [6, 6.07) is 19.6. The van der Waals surface area contributed by atoms with Gasteiger partial charge in [0.1, 0.15) is 24.7 Å². The van der Waals surface area contributed by atoms with E-state index in [9.17, 15) is 10.2 Å². The lowest BCUT2D eigenvalue weighted by Crippen LogP contribution is -2.13. The summed E-state index contributed by atoms with van der Waals surface area (Å²) < 4.78 is 12.0. The topological polar surface area (TPSA) is 83.6 Å². The lowest BCUT2D eigenvalue weighted by atomic mass is 9.88. The molecule has 6 rings (SSSR count). The zero-order valence-electron chi connectivity index (χ0n) is 22.1. The number of nitrogens with zero attached hydrogens (tertiary/aromatic N) is 2. The number of aliphatic imine (C=N–C) groups is 2. The van der Waals surface area contributed by atoms with E-state index in [0.717, 1.165) is 21.5 Å². The highest BCUT2D eigenvalue weighted by Crippen LogP contribution is 2.48. The molecule has 2 aliphatic heterocycles. The van der Waals surface area contributed by atoms with Crippen molar-refractivity contribution >= 4 is 33.3 Å². The summed E-state index contributed by atoms with van der Waals surface area (Å²) in [6.07, 6.45) is 0. The minimum absolute atomic E-state index is 0.0267. The third kappa shape index (κ3) is 3.95. The van der Waals surface area contributed by atoms with Crippen LogP contribution in [0.4, 0.5) is 0 Å². The Labute approximate surface area is 222 Å². The number of phenolic OH excluding ortho intramolecular Hbond substituents is 2. The highest BCUT2D eigenvalue weighted by molar-refractivity contribution is 6.16. The van der Waals surface area contributed by atoms with Crippen LogP contribution in [-0.4, -0.2) is 47.3 Å². The number of phenols is 2. The average Bonchev–Trinajstić information content (AvgIpc) is 3.60. The Balaban J connectivity index is 1.65. The predicted molar refractivity (Wildman–Crippen MR) is 152 cm³/mol. The third-order valence-electron chi connectivity index (χ3n) is 7.64. The first-order chi connectivity index (χ1) is 18.3. The minimum Gasteiger partial charge on any atom is -0.506 e. The van der Waals surface area contributed by atoms with Gasteiger partial charge >= 0.3 is 0 Å². The number of ether oxygens (including phenoxy) is 2. The quantitative estimate of drug-likeness (QED) is 0.315. The molecule has 0 unspecified atom stereocenters. The second kappa shape index (κ2) is 9.35. The van der Waals surface area contributed by atoms with E-state index in [1.54, 1.807) is 0 Å². The maximum atomic E-state index is 11.8. The number of benzene rings is 4. The van der Waals surface area contributed by atoms with Crippen LogP contribution in [-0.2, 0) is 9.47 Å². The fourth-order valence-corrected chi connectivity index (χ4v) is 5.26. The van der Waals surface area contributed by atoms with Crippen LogP contribution in [0.5, 0.6) is 11.5 Å². The highest BCUT2D eigenvalue weighted by Gasteiger charge is 2.30. The second-order valence-electron chi connectivity index (χ2n) is 10.9. The SMILES string of the molecule is CC(C)[C@@H]1COC(c2cc3ccccc3c(-c3c(O)c(C4=N[C@H](C(C)C)CO4)cc4ccccc34)c2O)=N1. The summed E-state index contributed by atoms with van der Waals surface area (Å²) in [5.41, 5.74) is 2.11. The normalized spacial score (nSPS) is 19.2. The molecule has 0 saturated carbocycles. The first kappa shape index (κ1) is 24.3. The first-order valence-corrected chi connectivity index (χ1v) is 13.2. The van der Waals surface area contributed by atoms with Crippen molar-refractivity contribution in [2.24, 2.45) is 21.8 Å². The molecule has 4 aromatic carbocycles. The van der Waals surface area contributed by atoms with Crippen LogP contribution >= 0.6 is 0 Å². The molecule has 0 saturated heterocycles. The van der Waals surface area contributed by atoms with Gasteiger partial charge in [0.15, 0.2) is 0 Å². The molecule has 0 amide bonds. The number of aromatic hydroxyl groups is 2. The van der Waals surface area contributed by atoms with Crippen molar-refractivity contribution in [2.45, 2.75) is 39.8 Å². The van der Waals surface area contributed by atoms with E-state index >= 15 is 0 Å². The van der Waals surface area contributed by atoms with Gasteiger partial charge in [-0.3, -0.25) is 0 Å². The van der Waals surface area contributed by atoms with Crippen molar-refractivity contribution < 1.29 is 19.7 Å². The molecule has 2 atom stereocenters. The molecule has 0 fully saturated rings. The summed E-state index contributed by atoms with van der Waals surface area (Å²) in [4.78, 5) is 9.57. The monoisotopic (exact) mass is 508 g/mol. The predicted octanol–water partition coefficient (Wildman–Crippen LogP) is 6.67. The van der Waals surface area contributed by atoms with Gasteiger partial charge in [-0.2, -0.15) is 0 Å². The van der Waals surface area contributed by atoms with Crippen molar-refractivity contribution in [3.05, 3.63) is 71.8 Å². The molecule has 38 heavy (non-hydrogen) atoms. The second-order valence-corrected chi connectivity index (χ2v) is 10.9. The molecule has 2 aliphatic rings. The van der Waals surface area contributed by atoms with Gasteiger partial charge < -0.3 is 19.7 Å². The van der Waals surface area contributed by atoms with Crippen molar-refractivity contribution in [3.8, 4) is 22.6 Å². The van der Waals surface area contributed by atoms with E-state index in [1.807, 2.05) is 60.7 Å². The van der Waals surface area contributed by atoms with Crippen LogP contribution in [0.1, 0.15) is 38.8 Å². The van der Waals surface area contributed by atoms with E-state index < -0.39 is 0 Å². The van der Waals surface area contributed by atoms with E-state index in [-0.39, 0.29) is 23.6 Å². The smallest absolute Gasteiger partial charge is 0.220 e. The number of fused-ring (bicyclic) bond motifs is 2. The summed E-state index contributed by atoms with van der Waals surface area (Å²) >= 11 is 0. The van der Waals surface area contributed by atoms with E-state index in [1.165, 1.54) is 0 Å². The summed E-state index contributed by atoms with van der Waals surface area (Å²) in [5.74, 6) is 1.55. The van der Waals surface area contributed by atoms with Crippen LogP contribution in [0.3, 0.4) is 0 Å². The van der Waals surface area contributed by atoms with Gasteiger partial charge in [0, 0.05) is 11.1 Å². The van der Waals surface area contributed by atoms with Crippen LogP contribution in [0.2, 0.25) is 0 Å². The van der Waals surface area contributed by atoms with Crippen molar-refractivity contribution in [2.75, 3.05) is 13.2 Å². The van der Waals surface area contributed by atoms with E-state index in [2.05, 4.69) is 27.7 Å². The maximum absolute atomic E-state index is 11.8. The Bertz CT molecular complexity index is 1500. The number of hydrogen-bond donors (Lipinski definition) is 2. The largest absolute Gasteiger partial charge is 0.506 e. The van der Waals surface area contributed by atoms with Gasteiger partial charge in [0.05, 0.1) is 23.2 Å². The summed E-state index contributed by atoms with van der Waals surface area (Å²) in [6.45, 7) is 9.40. The van der Waals surface area contributed by atoms with Crippen molar-refractivity contribution in [3.63, 3.8) is 0 Å². The Hall–Kier alpha value is -4.06. The van der Waals surface area contributed by atoms with E-state index in [4.69, 9.17) is 19.5 Å². The average molecular weight is 509 g/mol. The van der Waals surface area contributed by atoms with Crippen LogP contribution in [0.15, 0.2) is 70.6 Å². The number of hydrogen-bond acceptors (Lipinski definition) is 6. The highest BCUT2D eigenvalue weighted by atomic mass is 16.5. The molecule has 0 aromatic heterocycles. The van der Waals surface area contributed by atoms with Gasteiger partial charge in [0.25, 0.3) is 0 Å². The Kier molecular flexibility index (Phi) is 5.98. The van der Waals surface area contributed by atoms with Crippen LogP contribution < -0.4 is 0 Å². The zero-order valence-corrected chi connectivity index (χ0v) is 22.1. The molecule has 4 aromatic rings. The van der Waals surface area contributed by atoms with Crippen molar-refractivity contribution in [1.82, 2.24) is 0 Å². The molecule has 0 spiro atoms. The molecule has 0 bridgehead atoms. The fraction of sp³-hybridized carbons (Fsp3) is 0.312. The van der Waals surface area contributed by atoms with Crippen LogP contribution in [0, 0.1) is 11.8 Å². The van der Waals surface area contributed by atoms with Gasteiger partial charge in [-0.1, -0.05) is 76.2 Å². The molecule has 6 heteroatoms. The Morgan fingerprint density at radius 2 is 1.05 bits per heavy atom. The lowest BCUT2D eigenvalue weighted by molar-refractivity contribution is 0.291. The Morgan fingerprint density at radius 1 is 0.658 bits per heavy atom. The van der Waals surface area contributed by atoms with E-state index in [0.29, 0.717) is 59.1 Å². The van der Waals surface area contributed by atoms with Gasteiger partial charge in [-0.15, -0.1) is 0 Å². The standard InChI is InChI=1S/C32H32N2O4/c1-17(2)25-15-37-31(33-25)23-13-19-9-5-7-11-21(19)27(29(23)35)28-22-12-8-6-10-20(22)14-24(30(28)36)32-34-26(16-38-32)18(3)4/h5-14,17-18,25-26,35-36H,15-16H2,1-4H3/t25-,26-/m0/s1. The Morgan fingerprint density at radius 3 is 1.42 bits per heavy atom. The molecule has 0 aliphatic carbocycles. The molecule has 194 valence electrons. The molecular weight excluding hydrogens is 476 g/mol. The molecule has 6 nitrogen and oxygen atoms in total. The maximum Gasteiger partial charge on any atom is 0.220 e. The lowest BCUT2D eigenvalue weighted by Gasteiger charge is -2.18. The summed E-state index contributed by atoms with van der Waals surface area (Å²) in [5, 5.41) is 27.2. The van der Waals surface area contributed by atoms with Gasteiger partial charge in [-0.25, -0.2) is 9.98 Å².